The third-order valence-electron chi connectivity index (χ3n) is 2.65. The molecule has 110 valence electrons. The summed E-state index contributed by atoms with van der Waals surface area (Å²) in [6.07, 6.45) is 0. The van der Waals surface area contributed by atoms with Gasteiger partial charge in [0.2, 0.25) is 11.8 Å². The maximum Gasteiger partial charge on any atom is 0.332 e. The van der Waals surface area contributed by atoms with Crippen molar-refractivity contribution in [2.24, 2.45) is 0 Å². The number of benzene rings is 1. The largest absolute Gasteiger partial charge is 0.357 e. The summed E-state index contributed by atoms with van der Waals surface area (Å²) >= 11 is 3.25. The second-order valence-electron chi connectivity index (χ2n) is 4.09. The molecule has 0 unspecified atom stereocenters. The standard InChI is InChI=1S/C12H11BrFN5O2/c1-6-10(19(20)21)11(18-12(15-2)16-6)17-9-5-7(14)3-4-8(9)13/h3-5H,1-2H3,(H2,15,16,17,18). The van der Waals surface area contributed by atoms with E-state index in [2.05, 4.69) is 36.5 Å². The fraction of sp³-hybridized carbons (Fsp3) is 0.167. The maximum absolute atomic E-state index is 13.3. The predicted molar refractivity (Wildman–Crippen MR) is 80.4 cm³/mol. The first-order valence-electron chi connectivity index (χ1n) is 5.85. The first kappa shape index (κ1) is 15.1. The molecule has 1 heterocycles. The number of anilines is 3. The molecule has 0 aliphatic carbocycles. The first-order chi connectivity index (χ1) is 9.92. The molecule has 0 aliphatic rings. The fourth-order valence-corrected chi connectivity index (χ4v) is 2.05. The van der Waals surface area contributed by atoms with E-state index in [1.807, 2.05) is 0 Å². The van der Waals surface area contributed by atoms with Crippen molar-refractivity contribution in [2.45, 2.75) is 6.92 Å². The van der Waals surface area contributed by atoms with Gasteiger partial charge in [0.1, 0.15) is 11.5 Å². The summed E-state index contributed by atoms with van der Waals surface area (Å²) in [5.41, 5.74) is 0.276. The van der Waals surface area contributed by atoms with Crippen molar-refractivity contribution in [1.29, 1.82) is 0 Å². The Balaban J connectivity index is 2.54. The zero-order valence-corrected chi connectivity index (χ0v) is 12.7. The Morgan fingerprint density at radius 3 is 2.71 bits per heavy atom. The molecule has 2 aromatic rings. The maximum atomic E-state index is 13.3. The Morgan fingerprint density at radius 1 is 1.38 bits per heavy atom. The molecule has 1 aromatic heterocycles. The third kappa shape index (κ3) is 3.24. The second-order valence-corrected chi connectivity index (χ2v) is 4.94. The minimum Gasteiger partial charge on any atom is -0.357 e. The molecule has 0 atom stereocenters. The number of nitrogens with one attached hydrogen (secondary N) is 2. The Hall–Kier alpha value is -2.29. The molecule has 0 aliphatic heterocycles. The van der Waals surface area contributed by atoms with Crippen molar-refractivity contribution in [1.82, 2.24) is 9.97 Å². The van der Waals surface area contributed by atoms with Crippen LogP contribution in [0, 0.1) is 22.9 Å². The lowest BCUT2D eigenvalue weighted by molar-refractivity contribution is -0.385. The number of hydrogen-bond donors (Lipinski definition) is 2. The Labute approximate surface area is 127 Å². The summed E-state index contributed by atoms with van der Waals surface area (Å²) in [5.74, 6) is -0.251. The minimum atomic E-state index is -0.579. The zero-order chi connectivity index (χ0) is 15.6. The molecule has 0 fully saturated rings. The van der Waals surface area contributed by atoms with E-state index < -0.39 is 10.7 Å². The van der Waals surface area contributed by atoms with Gasteiger partial charge in [0, 0.05) is 11.5 Å². The van der Waals surface area contributed by atoms with Gasteiger partial charge >= 0.3 is 5.69 Å². The molecule has 2 N–H and O–H groups in total. The number of nitro groups is 1. The van der Waals surface area contributed by atoms with Crippen LogP contribution in [0.15, 0.2) is 22.7 Å². The summed E-state index contributed by atoms with van der Waals surface area (Å²) in [6, 6.07) is 3.98. The molecular formula is C12H11BrFN5O2. The molecule has 0 spiro atoms. The molecular weight excluding hydrogens is 345 g/mol. The van der Waals surface area contributed by atoms with Crippen LogP contribution in [0.2, 0.25) is 0 Å². The number of hydrogen-bond acceptors (Lipinski definition) is 6. The molecule has 2 rings (SSSR count). The molecule has 21 heavy (non-hydrogen) atoms. The quantitative estimate of drug-likeness (QED) is 0.644. The van der Waals surface area contributed by atoms with Gasteiger partial charge in [-0.15, -0.1) is 0 Å². The molecule has 0 amide bonds. The number of aromatic nitrogens is 2. The van der Waals surface area contributed by atoms with Crippen molar-refractivity contribution in [3.05, 3.63) is 44.3 Å². The molecule has 0 radical (unpaired) electrons. The first-order valence-corrected chi connectivity index (χ1v) is 6.64. The van der Waals surface area contributed by atoms with Gasteiger partial charge in [0.05, 0.1) is 10.6 Å². The molecule has 0 saturated carbocycles. The van der Waals surface area contributed by atoms with Crippen molar-refractivity contribution in [2.75, 3.05) is 17.7 Å². The fourth-order valence-electron chi connectivity index (χ4n) is 1.71. The van der Waals surface area contributed by atoms with Gasteiger partial charge in [0.15, 0.2) is 0 Å². The van der Waals surface area contributed by atoms with E-state index in [-0.39, 0.29) is 23.1 Å². The molecule has 1 aromatic carbocycles. The normalized spacial score (nSPS) is 10.3. The lowest BCUT2D eigenvalue weighted by Crippen LogP contribution is -2.07. The van der Waals surface area contributed by atoms with Crippen molar-refractivity contribution >= 4 is 39.1 Å². The number of aryl methyl sites for hydroxylation is 1. The van der Waals surface area contributed by atoms with Crippen LogP contribution in [0.25, 0.3) is 0 Å². The van der Waals surface area contributed by atoms with Gasteiger partial charge in [-0.1, -0.05) is 0 Å². The highest BCUT2D eigenvalue weighted by molar-refractivity contribution is 9.10. The van der Waals surface area contributed by atoms with Gasteiger partial charge in [-0.3, -0.25) is 10.1 Å². The summed E-state index contributed by atoms with van der Waals surface area (Å²) in [5, 5.41) is 16.6. The minimum absolute atomic E-state index is 0.0110. The van der Waals surface area contributed by atoms with Gasteiger partial charge in [-0.05, 0) is 41.1 Å². The summed E-state index contributed by atoms with van der Waals surface area (Å²) < 4.78 is 13.8. The van der Waals surface area contributed by atoms with Crippen molar-refractivity contribution in [3.8, 4) is 0 Å². The molecule has 0 bridgehead atoms. The molecule has 9 heteroatoms. The van der Waals surface area contributed by atoms with Crippen LogP contribution in [0.4, 0.5) is 27.5 Å². The van der Waals surface area contributed by atoms with E-state index in [1.165, 1.54) is 25.1 Å². The highest BCUT2D eigenvalue weighted by Crippen LogP contribution is 2.32. The summed E-state index contributed by atoms with van der Waals surface area (Å²) in [7, 11) is 1.60. The number of halogens is 2. The predicted octanol–water partition coefficient (Wildman–Crippen LogP) is 3.38. The Morgan fingerprint density at radius 2 is 2.10 bits per heavy atom. The highest BCUT2D eigenvalue weighted by Gasteiger charge is 2.22. The van der Waals surface area contributed by atoms with E-state index in [0.717, 1.165) is 0 Å². The van der Waals surface area contributed by atoms with Crippen molar-refractivity contribution in [3.63, 3.8) is 0 Å². The zero-order valence-electron chi connectivity index (χ0n) is 11.1. The SMILES string of the molecule is CNc1nc(C)c([N+](=O)[O-])c(Nc2cc(F)ccc2Br)n1. The average Bonchev–Trinajstić information content (AvgIpc) is 2.41. The van der Waals surface area contributed by atoms with Gasteiger partial charge < -0.3 is 10.6 Å². The highest BCUT2D eigenvalue weighted by atomic mass is 79.9. The van der Waals surface area contributed by atoms with Crippen LogP contribution in [0.1, 0.15) is 5.69 Å². The Kier molecular flexibility index (Phi) is 4.32. The van der Waals surface area contributed by atoms with Crippen LogP contribution >= 0.6 is 15.9 Å². The van der Waals surface area contributed by atoms with E-state index >= 15 is 0 Å². The van der Waals surface area contributed by atoms with E-state index in [0.29, 0.717) is 10.2 Å². The third-order valence-corrected chi connectivity index (χ3v) is 3.34. The summed E-state index contributed by atoms with van der Waals surface area (Å²) in [6.45, 7) is 1.51. The second kappa shape index (κ2) is 6.00. The lowest BCUT2D eigenvalue weighted by Gasteiger charge is -2.10. The van der Waals surface area contributed by atoms with Crippen molar-refractivity contribution < 1.29 is 9.31 Å². The summed E-state index contributed by atoms with van der Waals surface area (Å²) in [4.78, 5) is 18.6. The monoisotopic (exact) mass is 355 g/mol. The smallest absolute Gasteiger partial charge is 0.332 e. The number of rotatable bonds is 4. The van der Waals surface area contributed by atoms with Crippen LogP contribution < -0.4 is 10.6 Å². The van der Waals surface area contributed by atoms with E-state index in [1.54, 1.807) is 7.05 Å². The lowest BCUT2D eigenvalue weighted by atomic mass is 10.3. The van der Waals surface area contributed by atoms with Gasteiger partial charge in [-0.25, -0.2) is 9.37 Å². The van der Waals surface area contributed by atoms with Crippen LogP contribution in [0.3, 0.4) is 0 Å². The van der Waals surface area contributed by atoms with Crippen LogP contribution in [0.5, 0.6) is 0 Å². The van der Waals surface area contributed by atoms with Crippen LogP contribution in [-0.4, -0.2) is 21.9 Å². The number of nitrogens with zero attached hydrogens (tertiary/aromatic N) is 3. The van der Waals surface area contributed by atoms with E-state index in [4.69, 9.17) is 0 Å². The topological polar surface area (TPSA) is 93.0 Å². The average molecular weight is 356 g/mol. The van der Waals surface area contributed by atoms with Crippen LogP contribution in [-0.2, 0) is 0 Å². The molecule has 0 saturated heterocycles. The molecule has 7 nitrogen and oxygen atoms in total. The van der Waals surface area contributed by atoms with Gasteiger partial charge in [-0.2, -0.15) is 4.98 Å². The Bertz CT molecular complexity index is 710. The van der Waals surface area contributed by atoms with Gasteiger partial charge in [0.25, 0.3) is 0 Å². The van der Waals surface area contributed by atoms with E-state index in [9.17, 15) is 14.5 Å².